The van der Waals surface area contributed by atoms with Gasteiger partial charge in [0.2, 0.25) is 5.91 Å². The molecule has 2 aromatic carbocycles. The summed E-state index contributed by atoms with van der Waals surface area (Å²) in [5, 5.41) is 9.42. The Morgan fingerprint density at radius 1 is 1.21 bits per heavy atom. The Bertz CT molecular complexity index is 1010. The molecule has 0 aliphatic heterocycles. The lowest BCUT2D eigenvalue weighted by atomic mass is 10.1. The van der Waals surface area contributed by atoms with Crippen LogP contribution in [0.3, 0.4) is 0 Å². The third-order valence-corrected chi connectivity index (χ3v) is 3.95. The van der Waals surface area contributed by atoms with Crippen LogP contribution < -0.4 is 10.1 Å². The van der Waals surface area contributed by atoms with Gasteiger partial charge in [0, 0.05) is 11.6 Å². The Balaban J connectivity index is 1.57. The Hall–Kier alpha value is -3.62. The van der Waals surface area contributed by atoms with Crippen LogP contribution in [-0.2, 0) is 17.5 Å². The minimum Gasteiger partial charge on any atom is -0.497 e. The molecular formula is C20H17F3N4O2. The molecule has 0 saturated heterocycles. The molecule has 0 unspecified atom stereocenters. The number of benzene rings is 2. The summed E-state index contributed by atoms with van der Waals surface area (Å²) < 4.78 is 43.2. The van der Waals surface area contributed by atoms with Gasteiger partial charge < -0.3 is 10.1 Å². The Kier molecular flexibility index (Phi) is 5.96. The van der Waals surface area contributed by atoms with Crippen molar-refractivity contribution in [3.8, 4) is 17.1 Å². The summed E-state index contributed by atoms with van der Waals surface area (Å²) in [4.78, 5) is 16.2. The molecule has 0 aliphatic rings. The second-order valence-corrected chi connectivity index (χ2v) is 6.01. The zero-order valence-electron chi connectivity index (χ0n) is 15.3. The zero-order valence-corrected chi connectivity index (χ0v) is 15.3. The van der Waals surface area contributed by atoms with Gasteiger partial charge in [0.25, 0.3) is 0 Å². The molecule has 3 rings (SSSR count). The molecule has 1 heterocycles. The standard InChI is InChI=1S/C20H17F3N4O2/c1-29-16-8-6-14(7-9-16)19-25-17(26-27-19)12-24-18(28)10-5-13-3-2-4-15(11-13)20(21,22)23/h2-11H,12H2,1H3,(H,24,28)(H,25,26,27)/b10-5+. The maximum absolute atomic E-state index is 12.7. The summed E-state index contributed by atoms with van der Waals surface area (Å²) in [5.41, 5.74) is 0.285. The second kappa shape index (κ2) is 8.59. The average molecular weight is 402 g/mol. The van der Waals surface area contributed by atoms with Gasteiger partial charge in [-0.15, -0.1) is 0 Å². The highest BCUT2D eigenvalue weighted by atomic mass is 19.4. The summed E-state index contributed by atoms with van der Waals surface area (Å²) in [6.07, 6.45) is -1.95. The van der Waals surface area contributed by atoms with Crippen LogP contribution in [-0.4, -0.2) is 28.2 Å². The second-order valence-electron chi connectivity index (χ2n) is 6.01. The first-order valence-corrected chi connectivity index (χ1v) is 8.54. The molecule has 150 valence electrons. The molecule has 2 N–H and O–H groups in total. The molecule has 9 heteroatoms. The van der Waals surface area contributed by atoms with Crippen molar-refractivity contribution in [2.24, 2.45) is 0 Å². The first kappa shape index (κ1) is 20.1. The number of halogens is 3. The van der Waals surface area contributed by atoms with E-state index in [1.54, 1.807) is 19.2 Å². The number of nitrogens with zero attached hydrogens (tertiary/aromatic N) is 2. The number of aromatic nitrogens is 3. The predicted molar refractivity (Wildman–Crippen MR) is 101 cm³/mol. The van der Waals surface area contributed by atoms with E-state index in [2.05, 4.69) is 20.5 Å². The highest BCUT2D eigenvalue weighted by molar-refractivity contribution is 5.91. The van der Waals surface area contributed by atoms with Crippen LogP contribution in [0.4, 0.5) is 13.2 Å². The average Bonchev–Trinajstić information content (AvgIpc) is 3.19. The van der Waals surface area contributed by atoms with Gasteiger partial charge in [-0.2, -0.15) is 18.3 Å². The number of aromatic amines is 1. The smallest absolute Gasteiger partial charge is 0.416 e. The summed E-state index contributed by atoms with van der Waals surface area (Å²) in [6, 6.07) is 11.9. The quantitative estimate of drug-likeness (QED) is 0.614. The van der Waals surface area contributed by atoms with Gasteiger partial charge in [0.15, 0.2) is 5.82 Å². The summed E-state index contributed by atoms with van der Waals surface area (Å²) in [6.45, 7) is 0.0922. The predicted octanol–water partition coefficient (Wildman–Crippen LogP) is 3.83. The number of carbonyl (C=O) groups excluding carboxylic acids is 1. The zero-order chi connectivity index (χ0) is 20.9. The van der Waals surface area contributed by atoms with Gasteiger partial charge in [-0.05, 0) is 48.0 Å². The minimum absolute atomic E-state index is 0.0922. The minimum atomic E-state index is -4.43. The lowest BCUT2D eigenvalue weighted by molar-refractivity contribution is -0.137. The number of H-pyrrole nitrogens is 1. The molecule has 0 radical (unpaired) electrons. The Labute approximate surface area is 164 Å². The van der Waals surface area contributed by atoms with Gasteiger partial charge in [-0.1, -0.05) is 12.1 Å². The van der Waals surface area contributed by atoms with E-state index in [-0.39, 0.29) is 12.1 Å². The van der Waals surface area contributed by atoms with E-state index in [4.69, 9.17) is 4.74 Å². The number of ether oxygens (including phenoxy) is 1. The van der Waals surface area contributed by atoms with E-state index < -0.39 is 17.6 Å². The van der Waals surface area contributed by atoms with Gasteiger partial charge >= 0.3 is 6.18 Å². The fraction of sp³-hybridized carbons (Fsp3) is 0.150. The normalized spacial score (nSPS) is 11.6. The molecule has 0 saturated carbocycles. The highest BCUT2D eigenvalue weighted by Gasteiger charge is 2.30. The molecule has 6 nitrogen and oxygen atoms in total. The monoisotopic (exact) mass is 402 g/mol. The molecule has 0 atom stereocenters. The number of carbonyl (C=O) groups is 1. The van der Waals surface area contributed by atoms with Crippen molar-refractivity contribution in [1.82, 2.24) is 20.5 Å². The summed E-state index contributed by atoms with van der Waals surface area (Å²) >= 11 is 0. The third kappa shape index (κ3) is 5.44. The molecular weight excluding hydrogens is 385 g/mol. The lowest BCUT2D eigenvalue weighted by Gasteiger charge is -2.06. The van der Waals surface area contributed by atoms with Crippen LogP contribution >= 0.6 is 0 Å². The number of hydrogen-bond acceptors (Lipinski definition) is 4. The van der Waals surface area contributed by atoms with Crippen molar-refractivity contribution >= 4 is 12.0 Å². The van der Waals surface area contributed by atoms with Gasteiger partial charge in [0.05, 0.1) is 19.2 Å². The van der Waals surface area contributed by atoms with E-state index in [1.807, 2.05) is 12.1 Å². The van der Waals surface area contributed by atoms with Crippen molar-refractivity contribution in [3.05, 3.63) is 71.6 Å². The molecule has 0 spiro atoms. The first-order valence-electron chi connectivity index (χ1n) is 8.54. The van der Waals surface area contributed by atoms with E-state index in [1.165, 1.54) is 18.2 Å². The van der Waals surface area contributed by atoms with Gasteiger partial charge in [-0.25, -0.2) is 4.98 Å². The van der Waals surface area contributed by atoms with Crippen molar-refractivity contribution in [3.63, 3.8) is 0 Å². The van der Waals surface area contributed by atoms with Crippen LogP contribution in [0.5, 0.6) is 5.75 Å². The number of amides is 1. The van der Waals surface area contributed by atoms with Crippen molar-refractivity contribution in [2.45, 2.75) is 12.7 Å². The molecule has 3 aromatic rings. The SMILES string of the molecule is COc1ccc(-c2n[nH]c(CNC(=O)/C=C/c3cccc(C(F)(F)F)c3)n2)cc1. The van der Waals surface area contributed by atoms with Gasteiger partial charge in [0.1, 0.15) is 11.6 Å². The number of hydrogen-bond donors (Lipinski definition) is 2. The summed E-state index contributed by atoms with van der Waals surface area (Å²) in [7, 11) is 1.57. The number of nitrogens with one attached hydrogen (secondary N) is 2. The van der Waals surface area contributed by atoms with Crippen LogP contribution in [0.2, 0.25) is 0 Å². The fourth-order valence-corrected chi connectivity index (χ4v) is 2.46. The van der Waals surface area contributed by atoms with E-state index in [0.717, 1.165) is 23.8 Å². The fourth-order valence-electron chi connectivity index (χ4n) is 2.46. The van der Waals surface area contributed by atoms with Crippen LogP contribution in [0.25, 0.3) is 17.5 Å². The van der Waals surface area contributed by atoms with E-state index >= 15 is 0 Å². The van der Waals surface area contributed by atoms with Gasteiger partial charge in [-0.3, -0.25) is 9.89 Å². The topological polar surface area (TPSA) is 79.9 Å². The highest BCUT2D eigenvalue weighted by Crippen LogP contribution is 2.29. The molecule has 0 bridgehead atoms. The maximum atomic E-state index is 12.7. The third-order valence-electron chi connectivity index (χ3n) is 3.95. The largest absolute Gasteiger partial charge is 0.497 e. The molecule has 1 amide bonds. The molecule has 29 heavy (non-hydrogen) atoms. The number of rotatable bonds is 6. The maximum Gasteiger partial charge on any atom is 0.416 e. The van der Waals surface area contributed by atoms with E-state index in [0.29, 0.717) is 17.4 Å². The number of alkyl halides is 3. The van der Waals surface area contributed by atoms with Crippen LogP contribution in [0, 0.1) is 0 Å². The van der Waals surface area contributed by atoms with Crippen LogP contribution in [0.1, 0.15) is 17.0 Å². The molecule has 1 aromatic heterocycles. The Morgan fingerprint density at radius 2 is 1.97 bits per heavy atom. The van der Waals surface area contributed by atoms with Crippen molar-refractivity contribution < 1.29 is 22.7 Å². The van der Waals surface area contributed by atoms with Crippen molar-refractivity contribution in [2.75, 3.05) is 7.11 Å². The van der Waals surface area contributed by atoms with E-state index in [9.17, 15) is 18.0 Å². The molecule has 0 aliphatic carbocycles. The number of methoxy groups -OCH3 is 1. The Morgan fingerprint density at radius 3 is 2.66 bits per heavy atom. The van der Waals surface area contributed by atoms with Crippen LogP contribution in [0.15, 0.2) is 54.6 Å². The van der Waals surface area contributed by atoms with Crippen molar-refractivity contribution in [1.29, 1.82) is 0 Å². The summed E-state index contributed by atoms with van der Waals surface area (Å²) in [5.74, 6) is 1.15. The lowest BCUT2D eigenvalue weighted by Crippen LogP contribution is -2.20. The molecule has 0 fully saturated rings. The first-order chi connectivity index (χ1) is 13.8.